The summed E-state index contributed by atoms with van der Waals surface area (Å²) in [7, 11) is 0. The number of fused-ring (bicyclic) bond motifs is 1. The maximum atomic E-state index is 11.5. The summed E-state index contributed by atoms with van der Waals surface area (Å²) in [5.74, 6) is -0.553. The van der Waals surface area contributed by atoms with Crippen LogP contribution in [-0.4, -0.2) is 42.3 Å². The summed E-state index contributed by atoms with van der Waals surface area (Å²) in [4.78, 5) is 18.3. The zero-order valence-corrected chi connectivity index (χ0v) is 15.7. The number of hydroxylamine groups is 1. The molecule has 0 saturated carbocycles. The molecule has 2 aromatic carbocycles. The Morgan fingerprint density at radius 1 is 1.07 bits per heavy atom. The van der Waals surface area contributed by atoms with Crippen molar-refractivity contribution in [1.82, 2.24) is 15.8 Å². The van der Waals surface area contributed by atoms with Crippen molar-refractivity contribution in [3.8, 4) is 0 Å². The van der Waals surface area contributed by atoms with Crippen molar-refractivity contribution in [3.63, 3.8) is 0 Å². The maximum Gasteiger partial charge on any atom is 0.276 e. The van der Waals surface area contributed by atoms with Crippen LogP contribution >= 0.6 is 0 Å². The van der Waals surface area contributed by atoms with Crippen LogP contribution in [0.4, 0.5) is 5.69 Å². The largest absolute Gasteiger partial charge is 0.369 e. The molecule has 1 aromatic heterocycles. The van der Waals surface area contributed by atoms with Crippen molar-refractivity contribution < 1.29 is 10.0 Å². The number of anilines is 1. The molecule has 6 nitrogen and oxygen atoms in total. The first-order chi connectivity index (χ1) is 13.7. The van der Waals surface area contributed by atoms with Crippen LogP contribution in [0.2, 0.25) is 0 Å². The minimum absolute atomic E-state index is 0.340. The fourth-order valence-electron chi connectivity index (χ4n) is 3.63. The first-order valence-electron chi connectivity index (χ1n) is 9.61. The highest BCUT2D eigenvalue weighted by Gasteiger charge is 2.11. The number of rotatable bonds is 5. The van der Waals surface area contributed by atoms with Crippen LogP contribution < -0.4 is 15.7 Å². The summed E-state index contributed by atoms with van der Waals surface area (Å²) >= 11 is 0. The van der Waals surface area contributed by atoms with E-state index in [4.69, 9.17) is 5.21 Å². The second-order valence-electron chi connectivity index (χ2n) is 7.10. The number of benzene rings is 2. The van der Waals surface area contributed by atoms with Gasteiger partial charge in [0.15, 0.2) is 0 Å². The Hall–Kier alpha value is -2.96. The fraction of sp³-hybridized carbons (Fsp3) is 0.273. The maximum absolute atomic E-state index is 11.5. The van der Waals surface area contributed by atoms with Gasteiger partial charge in [-0.1, -0.05) is 24.3 Å². The van der Waals surface area contributed by atoms with Gasteiger partial charge in [-0.15, -0.1) is 0 Å². The molecule has 1 fully saturated rings. The topological polar surface area (TPSA) is 77.5 Å². The van der Waals surface area contributed by atoms with Crippen LogP contribution in [0.15, 0.2) is 54.7 Å². The molecule has 0 unspecified atom stereocenters. The van der Waals surface area contributed by atoms with Crippen LogP contribution in [0.3, 0.4) is 0 Å². The Kier molecular flexibility index (Phi) is 5.50. The number of hydrogen-bond acceptors (Lipinski definition) is 5. The minimum Gasteiger partial charge on any atom is -0.369 e. The second kappa shape index (κ2) is 8.37. The summed E-state index contributed by atoms with van der Waals surface area (Å²) in [6.07, 6.45) is 3.38. The molecule has 0 atom stereocenters. The molecule has 2 heterocycles. The van der Waals surface area contributed by atoms with Crippen molar-refractivity contribution in [3.05, 3.63) is 71.4 Å². The van der Waals surface area contributed by atoms with Gasteiger partial charge in [-0.2, -0.15) is 0 Å². The summed E-state index contributed by atoms with van der Waals surface area (Å²) in [6.45, 7) is 4.18. The predicted molar refractivity (Wildman–Crippen MR) is 110 cm³/mol. The normalized spacial score (nSPS) is 14.2. The van der Waals surface area contributed by atoms with Crippen molar-refractivity contribution >= 4 is 22.5 Å². The Labute approximate surface area is 164 Å². The quantitative estimate of drug-likeness (QED) is 0.471. The SMILES string of the molecule is O=C(NO)c1cnc2cc(CCc3cccc(N4CCNCC4)c3)ccc2c1. The third-order valence-corrected chi connectivity index (χ3v) is 5.21. The summed E-state index contributed by atoms with van der Waals surface area (Å²) in [5, 5.41) is 13.0. The van der Waals surface area contributed by atoms with Gasteiger partial charge in [0, 0.05) is 43.4 Å². The van der Waals surface area contributed by atoms with Gasteiger partial charge >= 0.3 is 0 Å². The monoisotopic (exact) mass is 376 g/mol. The van der Waals surface area contributed by atoms with E-state index in [1.807, 2.05) is 6.07 Å². The molecular weight excluding hydrogens is 352 g/mol. The summed E-state index contributed by atoms with van der Waals surface area (Å²) in [5.41, 5.74) is 6.67. The third kappa shape index (κ3) is 4.13. The standard InChI is InChI=1S/C22H24N4O2/c27-22(25-28)19-14-18-7-6-17(13-21(18)24-15-19)5-4-16-2-1-3-20(12-16)26-10-8-23-9-11-26/h1-3,6-7,12-15,23,28H,4-5,8-11H2,(H,25,27). The highest BCUT2D eigenvalue weighted by Crippen LogP contribution is 2.20. The van der Waals surface area contributed by atoms with Gasteiger partial charge in [0.2, 0.25) is 0 Å². The molecule has 6 heteroatoms. The zero-order chi connectivity index (χ0) is 19.3. The summed E-state index contributed by atoms with van der Waals surface area (Å²) in [6, 6.07) is 16.7. The number of nitrogens with one attached hydrogen (secondary N) is 2. The van der Waals surface area contributed by atoms with E-state index in [2.05, 4.69) is 51.6 Å². The van der Waals surface area contributed by atoms with E-state index in [1.165, 1.54) is 23.0 Å². The van der Waals surface area contributed by atoms with Gasteiger partial charge in [-0.05, 0) is 48.2 Å². The van der Waals surface area contributed by atoms with E-state index in [0.717, 1.165) is 49.9 Å². The minimum atomic E-state index is -0.553. The van der Waals surface area contributed by atoms with E-state index in [1.54, 1.807) is 11.5 Å². The molecule has 1 aliphatic heterocycles. The molecule has 3 N–H and O–H groups in total. The number of hydrogen-bond donors (Lipinski definition) is 3. The van der Waals surface area contributed by atoms with Crippen LogP contribution in [0.25, 0.3) is 10.9 Å². The van der Waals surface area contributed by atoms with E-state index < -0.39 is 5.91 Å². The average molecular weight is 376 g/mol. The first-order valence-corrected chi connectivity index (χ1v) is 9.61. The number of aromatic nitrogens is 1. The Bertz CT molecular complexity index is 983. The Balaban J connectivity index is 1.46. The smallest absolute Gasteiger partial charge is 0.276 e. The van der Waals surface area contributed by atoms with E-state index >= 15 is 0 Å². The van der Waals surface area contributed by atoms with Gasteiger partial charge in [-0.25, -0.2) is 5.48 Å². The second-order valence-corrected chi connectivity index (χ2v) is 7.10. The van der Waals surface area contributed by atoms with Crippen molar-refractivity contribution in [1.29, 1.82) is 0 Å². The molecule has 0 radical (unpaired) electrons. The van der Waals surface area contributed by atoms with Crippen LogP contribution in [0.1, 0.15) is 21.5 Å². The molecule has 3 aromatic rings. The van der Waals surface area contributed by atoms with Gasteiger partial charge in [0.05, 0.1) is 11.1 Å². The lowest BCUT2D eigenvalue weighted by atomic mass is 10.0. The van der Waals surface area contributed by atoms with Crippen molar-refractivity contribution in [2.75, 3.05) is 31.1 Å². The highest BCUT2D eigenvalue weighted by molar-refractivity contribution is 5.96. The van der Waals surface area contributed by atoms with Crippen LogP contribution in [0.5, 0.6) is 0 Å². The van der Waals surface area contributed by atoms with Gasteiger partial charge < -0.3 is 10.2 Å². The Morgan fingerprint density at radius 3 is 2.64 bits per heavy atom. The molecule has 144 valence electrons. The zero-order valence-electron chi connectivity index (χ0n) is 15.7. The molecule has 4 rings (SSSR count). The number of aryl methyl sites for hydroxylation is 2. The number of amides is 1. The van der Waals surface area contributed by atoms with Crippen molar-refractivity contribution in [2.45, 2.75) is 12.8 Å². The number of piperazine rings is 1. The van der Waals surface area contributed by atoms with Crippen LogP contribution in [-0.2, 0) is 12.8 Å². The van der Waals surface area contributed by atoms with Crippen molar-refractivity contribution in [2.24, 2.45) is 0 Å². The molecular formula is C22H24N4O2. The van der Waals surface area contributed by atoms with E-state index in [0.29, 0.717) is 5.56 Å². The lowest BCUT2D eigenvalue weighted by Gasteiger charge is -2.29. The Morgan fingerprint density at radius 2 is 1.86 bits per heavy atom. The number of nitrogens with zero attached hydrogens (tertiary/aromatic N) is 2. The number of pyridine rings is 1. The van der Waals surface area contributed by atoms with Crippen LogP contribution in [0, 0.1) is 0 Å². The number of carbonyl (C=O) groups excluding carboxylic acids is 1. The summed E-state index contributed by atoms with van der Waals surface area (Å²) < 4.78 is 0. The molecule has 0 bridgehead atoms. The van der Waals surface area contributed by atoms with E-state index in [9.17, 15) is 4.79 Å². The molecule has 0 spiro atoms. The molecule has 28 heavy (non-hydrogen) atoms. The lowest BCUT2D eigenvalue weighted by Crippen LogP contribution is -2.43. The molecule has 1 amide bonds. The first kappa shape index (κ1) is 18.4. The number of carbonyl (C=O) groups is 1. The van der Waals surface area contributed by atoms with Gasteiger partial charge in [0.25, 0.3) is 5.91 Å². The average Bonchev–Trinajstić information content (AvgIpc) is 2.77. The third-order valence-electron chi connectivity index (χ3n) is 5.21. The van der Waals surface area contributed by atoms with Gasteiger partial charge in [-0.3, -0.25) is 15.0 Å². The molecule has 1 aliphatic rings. The lowest BCUT2D eigenvalue weighted by molar-refractivity contribution is 0.0706. The van der Waals surface area contributed by atoms with E-state index in [-0.39, 0.29) is 0 Å². The molecule has 0 aliphatic carbocycles. The van der Waals surface area contributed by atoms with Gasteiger partial charge in [0.1, 0.15) is 0 Å². The fourth-order valence-corrected chi connectivity index (χ4v) is 3.63. The molecule has 1 saturated heterocycles. The highest BCUT2D eigenvalue weighted by atomic mass is 16.5. The predicted octanol–water partition coefficient (Wildman–Crippen LogP) is 2.55.